The Kier molecular flexibility index (Phi) is 2.14. The molecule has 0 fully saturated rings. The standard InChI is InChI=1S/C9H16O/c1-4-8-6(2)5-9(10)7(8)3/h7,9-10H,4-5H2,1-3H3. The normalized spacial score (nSPS) is 33.6. The van der Waals surface area contributed by atoms with E-state index in [1.807, 2.05) is 0 Å². The van der Waals surface area contributed by atoms with Crippen molar-refractivity contribution in [2.75, 3.05) is 0 Å². The first-order valence-electron chi connectivity index (χ1n) is 4.03. The largest absolute Gasteiger partial charge is 0.392 e. The summed E-state index contributed by atoms with van der Waals surface area (Å²) < 4.78 is 0. The van der Waals surface area contributed by atoms with E-state index in [1.54, 1.807) is 0 Å². The van der Waals surface area contributed by atoms with Crippen LogP contribution in [-0.2, 0) is 0 Å². The van der Waals surface area contributed by atoms with Crippen LogP contribution < -0.4 is 0 Å². The minimum absolute atomic E-state index is 0.102. The van der Waals surface area contributed by atoms with Crippen LogP contribution in [0.1, 0.15) is 33.6 Å². The SMILES string of the molecule is CCC1=C(C)CC(O)C1C. The molecule has 10 heavy (non-hydrogen) atoms. The van der Waals surface area contributed by atoms with Gasteiger partial charge in [0.25, 0.3) is 0 Å². The second-order valence-electron chi connectivity index (χ2n) is 3.22. The van der Waals surface area contributed by atoms with Crippen LogP contribution in [0.3, 0.4) is 0 Å². The Labute approximate surface area is 62.8 Å². The highest BCUT2D eigenvalue weighted by molar-refractivity contribution is 5.22. The van der Waals surface area contributed by atoms with Crippen LogP contribution in [-0.4, -0.2) is 11.2 Å². The van der Waals surface area contributed by atoms with E-state index in [4.69, 9.17) is 0 Å². The van der Waals surface area contributed by atoms with Crippen LogP contribution in [0.2, 0.25) is 0 Å². The second-order valence-corrected chi connectivity index (χ2v) is 3.22. The van der Waals surface area contributed by atoms with E-state index in [2.05, 4.69) is 20.8 Å². The number of aliphatic hydroxyl groups excluding tert-OH is 1. The third kappa shape index (κ3) is 1.10. The summed E-state index contributed by atoms with van der Waals surface area (Å²) in [5, 5.41) is 9.43. The van der Waals surface area contributed by atoms with Gasteiger partial charge in [0.15, 0.2) is 0 Å². The maximum atomic E-state index is 9.43. The van der Waals surface area contributed by atoms with E-state index in [0.717, 1.165) is 12.8 Å². The van der Waals surface area contributed by atoms with Gasteiger partial charge in [-0.15, -0.1) is 0 Å². The third-order valence-electron chi connectivity index (χ3n) is 2.57. The lowest BCUT2D eigenvalue weighted by molar-refractivity contribution is 0.145. The first-order valence-corrected chi connectivity index (χ1v) is 4.03. The topological polar surface area (TPSA) is 20.2 Å². The van der Waals surface area contributed by atoms with Crippen molar-refractivity contribution in [2.45, 2.75) is 39.7 Å². The summed E-state index contributed by atoms with van der Waals surface area (Å²) >= 11 is 0. The van der Waals surface area contributed by atoms with Crippen LogP contribution in [0.15, 0.2) is 11.1 Å². The van der Waals surface area contributed by atoms with Gasteiger partial charge in [0, 0.05) is 5.92 Å². The Morgan fingerprint density at radius 2 is 2.20 bits per heavy atom. The zero-order valence-electron chi connectivity index (χ0n) is 7.02. The molecule has 0 amide bonds. The van der Waals surface area contributed by atoms with E-state index in [1.165, 1.54) is 11.1 Å². The van der Waals surface area contributed by atoms with Crippen molar-refractivity contribution in [1.29, 1.82) is 0 Å². The zero-order chi connectivity index (χ0) is 7.72. The molecule has 0 radical (unpaired) electrons. The molecule has 1 aliphatic carbocycles. The molecule has 0 spiro atoms. The quantitative estimate of drug-likeness (QED) is 0.553. The number of rotatable bonds is 1. The number of aliphatic hydroxyl groups is 1. The van der Waals surface area contributed by atoms with Gasteiger partial charge in [-0.2, -0.15) is 0 Å². The molecule has 2 unspecified atom stereocenters. The second kappa shape index (κ2) is 2.75. The van der Waals surface area contributed by atoms with E-state index >= 15 is 0 Å². The third-order valence-corrected chi connectivity index (χ3v) is 2.57. The molecular weight excluding hydrogens is 124 g/mol. The predicted octanol–water partition coefficient (Wildman–Crippen LogP) is 2.11. The molecule has 1 heteroatoms. The summed E-state index contributed by atoms with van der Waals surface area (Å²) in [5.41, 5.74) is 2.87. The maximum Gasteiger partial charge on any atom is 0.0639 e. The van der Waals surface area contributed by atoms with Crippen molar-refractivity contribution in [3.8, 4) is 0 Å². The minimum atomic E-state index is -0.102. The van der Waals surface area contributed by atoms with E-state index in [-0.39, 0.29) is 6.10 Å². The average Bonchev–Trinajstić information content (AvgIpc) is 2.09. The summed E-state index contributed by atoms with van der Waals surface area (Å²) in [5.74, 6) is 0.407. The molecule has 58 valence electrons. The monoisotopic (exact) mass is 140 g/mol. The fourth-order valence-corrected chi connectivity index (χ4v) is 1.87. The highest BCUT2D eigenvalue weighted by Crippen LogP contribution is 2.33. The Morgan fingerprint density at radius 1 is 1.60 bits per heavy atom. The van der Waals surface area contributed by atoms with Gasteiger partial charge < -0.3 is 5.11 Å². The molecule has 0 saturated carbocycles. The lowest BCUT2D eigenvalue weighted by Crippen LogP contribution is -2.11. The molecule has 0 aromatic heterocycles. The highest BCUT2D eigenvalue weighted by Gasteiger charge is 2.25. The Hall–Kier alpha value is -0.300. The molecule has 0 aliphatic heterocycles. The van der Waals surface area contributed by atoms with Crippen molar-refractivity contribution >= 4 is 0 Å². The fraction of sp³-hybridized carbons (Fsp3) is 0.778. The highest BCUT2D eigenvalue weighted by atomic mass is 16.3. The van der Waals surface area contributed by atoms with Crippen LogP contribution in [0, 0.1) is 5.92 Å². The molecular formula is C9H16O. The molecule has 1 nitrogen and oxygen atoms in total. The van der Waals surface area contributed by atoms with Crippen LogP contribution in [0.5, 0.6) is 0 Å². The van der Waals surface area contributed by atoms with E-state index in [9.17, 15) is 5.11 Å². The van der Waals surface area contributed by atoms with E-state index in [0.29, 0.717) is 5.92 Å². The van der Waals surface area contributed by atoms with Crippen molar-refractivity contribution in [1.82, 2.24) is 0 Å². The maximum absolute atomic E-state index is 9.43. The zero-order valence-corrected chi connectivity index (χ0v) is 7.02. The van der Waals surface area contributed by atoms with Crippen molar-refractivity contribution in [2.24, 2.45) is 5.92 Å². The van der Waals surface area contributed by atoms with Gasteiger partial charge in [-0.25, -0.2) is 0 Å². The molecule has 0 bridgehead atoms. The molecule has 2 atom stereocenters. The van der Waals surface area contributed by atoms with Gasteiger partial charge in [-0.1, -0.05) is 25.0 Å². The van der Waals surface area contributed by atoms with Crippen LogP contribution in [0.25, 0.3) is 0 Å². The summed E-state index contributed by atoms with van der Waals surface area (Å²) in [7, 11) is 0. The summed E-state index contributed by atoms with van der Waals surface area (Å²) in [6.07, 6.45) is 1.89. The molecule has 0 heterocycles. The number of hydrogen-bond acceptors (Lipinski definition) is 1. The average molecular weight is 140 g/mol. The Morgan fingerprint density at radius 3 is 2.40 bits per heavy atom. The number of hydrogen-bond donors (Lipinski definition) is 1. The molecule has 1 aliphatic rings. The summed E-state index contributed by atoms with van der Waals surface area (Å²) in [6, 6.07) is 0. The molecule has 1 rings (SSSR count). The molecule has 0 aromatic rings. The first-order chi connectivity index (χ1) is 4.66. The van der Waals surface area contributed by atoms with Crippen molar-refractivity contribution < 1.29 is 5.11 Å². The van der Waals surface area contributed by atoms with Crippen molar-refractivity contribution in [3.05, 3.63) is 11.1 Å². The first kappa shape index (κ1) is 7.80. The molecule has 0 aromatic carbocycles. The van der Waals surface area contributed by atoms with Gasteiger partial charge in [-0.05, 0) is 19.8 Å². The van der Waals surface area contributed by atoms with Gasteiger partial charge in [0.05, 0.1) is 6.10 Å². The van der Waals surface area contributed by atoms with Gasteiger partial charge in [0.2, 0.25) is 0 Å². The fourth-order valence-electron chi connectivity index (χ4n) is 1.87. The minimum Gasteiger partial charge on any atom is -0.392 e. The summed E-state index contributed by atoms with van der Waals surface area (Å²) in [4.78, 5) is 0. The van der Waals surface area contributed by atoms with Crippen molar-refractivity contribution in [3.63, 3.8) is 0 Å². The molecule has 1 N–H and O–H groups in total. The lowest BCUT2D eigenvalue weighted by Gasteiger charge is -2.10. The lowest BCUT2D eigenvalue weighted by atomic mass is 9.99. The van der Waals surface area contributed by atoms with Gasteiger partial charge >= 0.3 is 0 Å². The van der Waals surface area contributed by atoms with Crippen LogP contribution in [0.4, 0.5) is 0 Å². The van der Waals surface area contributed by atoms with Crippen LogP contribution >= 0.6 is 0 Å². The van der Waals surface area contributed by atoms with E-state index < -0.39 is 0 Å². The predicted molar refractivity (Wildman–Crippen MR) is 42.8 cm³/mol. The van der Waals surface area contributed by atoms with Gasteiger partial charge in [0.1, 0.15) is 0 Å². The van der Waals surface area contributed by atoms with Gasteiger partial charge in [-0.3, -0.25) is 0 Å². The Bertz CT molecular complexity index is 158. The summed E-state index contributed by atoms with van der Waals surface area (Å²) in [6.45, 7) is 6.40. The molecule has 0 saturated heterocycles. The smallest absolute Gasteiger partial charge is 0.0639 e. The Balaban J connectivity index is 2.75.